The zero-order chi connectivity index (χ0) is 23.5. The molecule has 6 nitrogen and oxygen atoms in total. The molecule has 1 amide bonds. The molecule has 0 radical (unpaired) electrons. The largest absolute Gasteiger partial charge is 0.492 e. The van der Waals surface area contributed by atoms with E-state index >= 15 is 0 Å². The number of rotatable bonds is 6. The van der Waals surface area contributed by atoms with Gasteiger partial charge in [-0.2, -0.15) is 0 Å². The van der Waals surface area contributed by atoms with Crippen molar-refractivity contribution in [1.82, 2.24) is 4.98 Å². The number of amides is 1. The zero-order valence-corrected chi connectivity index (χ0v) is 18.4. The van der Waals surface area contributed by atoms with E-state index in [9.17, 15) is 9.59 Å². The van der Waals surface area contributed by atoms with Crippen LogP contribution in [0.3, 0.4) is 0 Å². The molecule has 2 heterocycles. The van der Waals surface area contributed by atoms with E-state index in [0.717, 1.165) is 16.7 Å². The fourth-order valence-electron chi connectivity index (χ4n) is 4.09. The van der Waals surface area contributed by atoms with Gasteiger partial charge < -0.3 is 15.2 Å². The summed E-state index contributed by atoms with van der Waals surface area (Å²) in [5.41, 5.74) is 10.3. The molecule has 0 atom stereocenters. The standard InChI is InChI=1S/C28H22N2O4/c29-28(32)21-8-4-7-20(15-21)22-16-23-24(31)11-14-33-27(23)25(19-5-2-1-3-6-19)26(22)34-17-18-9-12-30-13-10-18/h1-10,12-13,15-16H,11,14,17H2,(H2,29,32). The normalized spacial score (nSPS) is 12.5. The smallest absolute Gasteiger partial charge is 0.248 e. The number of primary amides is 1. The Labute approximate surface area is 197 Å². The number of fused-ring (bicyclic) bond motifs is 1. The predicted octanol–water partition coefficient (Wildman–Crippen LogP) is 5.06. The zero-order valence-electron chi connectivity index (χ0n) is 18.4. The SMILES string of the molecule is NC(=O)c1cccc(-c2cc3c(c(-c4ccccc4)c2OCc2ccncc2)OCCC3=O)c1. The summed E-state index contributed by atoms with van der Waals surface area (Å²) in [5, 5.41) is 0. The molecule has 168 valence electrons. The number of nitrogens with two attached hydrogens (primary N) is 1. The van der Waals surface area contributed by atoms with Crippen LogP contribution in [0.25, 0.3) is 22.3 Å². The number of hydrogen-bond donors (Lipinski definition) is 1. The van der Waals surface area contributed by atoms with Crippen LogP contribution in [-0.4, -0.2) is 23.3 Å². The molecule has 6 heteroatoms. The van der Waals surface area contributed by atoms with Gasteiger partial charge in [0, 0.05) is 29.9 Å². The number of ether oxygens (including phenoxy) is 2. The highest BCUT2D eigenvalue weighted by molar-refractivity contribution is 6.05. The van der Waals surface area contributed by atoms with Crippen LogP contribution in [0.2, 0.25) is 0 Å². The highest BCUT2D eigenvalue weighted by Gasteiger charge is 2.29. The van der Waals surface area contributed by atoms with Gasteiger partial charge in [-0.15, -0.1) is 0 Å². The van der Waals surface area contributed by atoms with Crippen molar-refractivity contribution in [3.05, 3.63) is 102 Å². The van der Waals surface area contributed by atoms with Crippen molar-refractivity contribution in [3.8, 4) is 33.8 Å². The molecule has 0 saturated heterocycles. The monoisotopic (exact) mass is 450 g/mol. The minimum Gasteiger partial charge on any atom is -0.492 e. The van der Waals surface area contributed by atoms with Crippen molar-refractivity contribution < 1.29 is 19.1 Å². The summed E-state index contributed by atoms with van der Waals surface area (Å²) in [6.07, 6.45) is 3.73. The second-order valence-corrected chi connectivity index (χ2v) is 7.98. The molecule has 1 aliphatic rings. The molecule has 0 spiro atoms. The van der Waals surface area contributed by atoms with Crippen molar-refractivity contribution in [2.24, 2.45) is 5.73 Å². The fourth-order valence-corrected chi connectivity index (χ4v) is 4.09. The lowest BCUT2D eigenvalue weighted by molar-refractivity contribution is 0.0932. The van der Waals surface area contributed by atoms with E-state index in [1.54, 1.807) is 36.7 Å². The molecular weight excluding hydrogens is 428 g/mol. The Hall–Kier alpha value is -4.45. The molecule has 0 aliphatic carbocycles. The number of aromatic nitrogens is 1. The summed E-state index contributed by atoms with van der Waals surface area (Å²) < 4.78 is 12.5. The molecule has 0 unspecified atom stereocenters. The summed E-state index contributed by atoms with van der Waals surface area (Å²) >= 11 is 0. The van der Waals surface area contributed by atoms with E-state index in [4.69, 9.17) is 15.2 Å². The Morgan fingerprint density at radius 2 is 1.71 bits per heavy atom. The van der Waals surface area contributed by atoms with Crippen molar-refractivity contribution >= 4 is 11.7 Å². The lowest BCUT2D eigenvalue weighted by Gasteiger charge is -2.25. The minimum atomic E-state index is -0.526. The molecule has 1 aliphatic heterocycles. The van der Waals surface area contributed by atoms with Crippen LogP contribution in [0.1, 0.15) is 32.7 Å². The first kappa shape index (κ1) is 21.4. The molecule has 5 rings (SSSR count). The van der Waals surface area contributed by atoms with Gasteiger partial charge in [-0.05, 0) is 47.0 Å². The fraction of sp³-hybridized carbons (Fsp3) is 0.107. The van der Waals surface area contributed by atoms with Gasteiger partial charge in [-0.25, -0.2) is 0 Å². The van der Waals surface area contributed by atoms with Gasteiger partial charge in [0.05, 0.1) is 17.7 Å². The lowest BCUT2D eigenvalue weighted by Crippen LogP contribution is -2.17. The van der Waals surface area contributed by atoms with Crippen molar-refractivity contribution in [3.63, 3.8) is 0 Å². The maximum atomic E-state index is 12.9. The third-order valence-electron chi connectivity index (χ3n) is 5.76. The number of Topliss-reactive ketones (excluding diaryl/α,β-unsaturated/α-hetero) is 1. The summed E-state index contributed by atoms with van der Waals surface area (Å²) in [5.74, 6) is 0.563. The van der Waals surface area contributed by atoms with Gasteiger partial charge in [-0.1, -0.05) is 42.5 Å². The van der Waals surface area contributed by atoms with Crippen LogP contribution < -0.4 is 15.2 Å². The van der Waals surface area contributed by atoms with Crippen LogP contribution in [0.5, 0.6) is 11.5 Å². The third kappa shape index (κ3) is 4.13. The van der Waals surface area contributed by atoms with E-state index in [-0.39, 0.29) is 12.4 Å². The van der Waals surface area contributed by atoms with E-state index in [1.165, 1.54) is 0 Å². The number of carbonyl (C=O) groups excluding carboxylic acids is 2. The van der Waals surface area contributed by atoms with Crippen LogP contribution in [0, 0.1) is 0 Å². The van der Waals surface area contributed by atoms with E-state index in [1.807, 2.05) is 48.5 Å². The highest BCUT2D eigenvalue weighted by atomic mass is 16.5. The minimum absolute atomic E-state index is 0.00595. The molecule has 2 N–H and O–H groups in total. The molecule has 1 aromatic heterocycles. The Morgan fingerprint density at radius 1 is 0.941 bits per heavy atom. The first-order chi connectivity index (χ1) is 16.6. The van der Waals surface area contributed by atoms with Gasteiger partial charge in [-0.3, -0.25) is 14.6 Å². The number of nitrogens with zero attached hydrogens (tertiary/aromatic N) is 1. The predicted molar refractivity (Wildman–Crippen MR) is 129 cm³/mol. The number of benzene rings is 3. The molecule has 4 aromatic rings. The first-order valence-electron chi connectivity index (χ1n) is 11.0. The summed E-state index contributed by atoms with van der Waals surface area (Å²) in [4.78, 5) is 28.8. The molecule has 34 heavy (non-hydrogen) atoms. The highest BCUT2D eigenvalue weighted by Crippen LogP contribution is 2.48. The number of carbonyl (C=O) groups is 2. The average molecular weight is 450 g/mol. The molecule has 0 saturated carbocycles. The summed E-state index contributed by atoms with van der Waals surface area (Å²) in [7, 11) is 0. The lowest BCUT2D eigenvalue weighted by atomic mass is 9.90. The Kier molecular flexibility index (Phi) is 5.79. The second kappa shape index (κ2) is 9.19. The number of ketones is 1. The summed E-state index contributed by atoms with van der Waals surface area (Å²) in [6, 6.07) is 22.3. The molecule has 3 aromatic carbocycles. The topological polar surface area (TPSA) is 91.5 Å². The van der Waals surface area contributed by atoms with Crippen LogP contribution in [0.15, 0.2) is 85.2 Å². The summed E-state index contributed by atoms with van der Waals surface area (Å²) in [6.45, 7) is 0.601. The number of hydrogen-bond acceptors (Lipinski definition) is 5. The van der Waals surface area contributed by atoms with Crippen LogP contribution >= 0.6 is 0 Å². The molecule has 0 fully saturated rings. The number of pyridine rings is 1. The maximum absolute atomic E-state index is 12.9. The molecule has 0 bridgehead atoms. The maximum Gasteiger partial charge on any atom is 0.248 e. The van der Waals surface area contributed by atoms with Crippen molar-refractivity contribution in [2.75, 3.05) is 6.61 Å². The Bertz CT molecular complexity index is 1370. The van der Waals surface area contributed by atoms with Gasteiger partial charge in [0.2, 0.25) is 5.91 Å². The van der Waals surface area contributed by atoms with Crippen LogP contribution in [0.4, 0.5) is 0 Å². The van der Waals surface area contributed by atoms with E-state index in [2.05, 4.69) is 4.98 Å². The second-order valence-electron chi connectivity index (χ2n) is 7.98. The van der Waals surface area contributed by atoms with Gasteiger partial charge in [0.1, 0.15) is 18.1 Å². The molecular formula is C28H22N2O4. The Balaban J connectivity index is 1.77. The average Bonchev–Trinajstić information content (AvgIpc) is 2.88. The van der Waals surface area contributed by atoms with Crippen molar-refractivity contribution in [1.29, 1.82) is 0 Å². The van der Waals surface area contributed by atoms with Gasteiger partial charge >= 0.3 is 0 Å². The van der Waals surface area contributed by atoms with E-state index in [0.29, 0.717) is 46.8 Å². The van der Waals surface area contributed by atoms with Gasteiger partial charge in [0.15, 0.2) is 5.78 Å². The van der Waals surface area contributed by atoms with Gasteiger partial charge in [0.25, 0.3) is 0 Å². The van der Waals surface area contributed by atoms with E-state index < -0.39 is 5.91 Å². The Morgan fingerprint density at radius 3 is 2.47 bits per heavy atom. The van der Waals surface area contributed by atoms with Crippen LogP contribution in [-0.2, 0) is 6.61 Å². The third-order valence-corrected chi connectivity index (χ3v) is 5.76. The van der Waals surface area contributed by atoms with Crippen molar-refractivity contribution in [2.45, 2.75) is 13.0 Å². The quantitative estimate of drug-likeness (QED) is 0.443. The first-order valence-corrected chi connectivity index (χ1v) is 11.0.